The molecule has 1 aliphatic carbocycles. The van der Waals surface area contributed by atoms with Gasteiger partial charge in [-0.15, -0.1) is 0 Å². The van der Waals surface area contributed by atoms with Gasteiger partial charge in [0.25, 0.3) is 6.33 Å². The summed E-state index contributed by atoms with van der Waals surface area (Å²) in [5.41, 5.74) is 8.65. The number of aryl methyl sites for hydroxylation is 2. The van der Waals surface area contributed by atoms with Crippen LogP contribution < -0.4 is 4.57 Å². The number of rotatable bonds is 1. The van der Waals surface area contributed by atoms with E-state index >= 15 is 0 Å². The second-order valence-electron chi connectivity index (χ2n) is 11.1. The molecule has 0 aliphatic heterocycles. The molecule has 0 atom stereocenters. The van der Waals surface area contributed by atoms with Crippen molar-refractivity contribution < 1.29 is 8.98 Å². The molecule has 166 valence electrons. The van der Waals surface area contributed by atoms with Gasteiger partial charge in [0.1, 0.15) is 23.1 Å². The van der Waals surface area contributed by atoms with Gasteiger partial charge in [-0.2, -0.15) is 0 Å². The molecule has 0 spiro atoms. The van der Waals surface area contributed by atoms with Crippen LogP contribution in [0.5, 0.6) is 0 Å². The molecule has 0 bridgehead atoms. The van der Waals surface area contributed by atoms with Gasteiger partial charge in [-0.1, -0.05) is 63.0 Å². The molecule has 0 radical (unpaired) electrons. The van der Waals surface area contributed by atoms with Crippen molar-refractivity contribution in [3.05, 3.63) is 71.7 Å². The Hall–Kier alpha value is -3.20. The number of nitrogens with zero attached hydrogens (tertiary/aromatic N) is 2. The number of hydrogen-bond acceptors (Lipinski definition) is 2. The lowest BCUT2D eigenvalue weighted by Gasteiger charge is -2.42. The van der Waals surface area contributed by atoms with E-state index in [0.29, 0.717) is 0 Å². The summed E-state index contributed by atoms with van der Waals surface area (Å²) in [6.07, 6.45) is 6.09. The van der Waals surface area contributed by atoms with Gasteiger partial charge in [-0.25, -0.2) is 4.57 Å². The highest BCUT2D eigenvalue weighted by atomic mass is 16.3. The molecular formula is C30H31N2O+. The molecule has 5 aromatic rings. The molecule has 0 fully saturated rings. The van der Waals surface area contributed by atoms with E-state index in [-0.39, 0.29) is 10.8 Å². The molecule has 0 saturated heterocycles. The van der Waals surface area contributed by atoms with Gasteiger partial charge < -0.3 is 4.42 Å². The molecule has 3 heteroatoms. The molecule has 6 rings (SSSR count). The first-order chi connectivity index (χ1) is 15.7. The van der Waals surface area contributed by atoms with Crippen molar-refractivity contribution in [3.63, 3.8) is 0 Å². The van der Waals surface area contributed by atoms with Gasteiger partial charge in [0.05, 0.1) is 12.6 Å². The molecule has 2 aromatic heterocycles. The van der Waals surface area contributed by atoms with Crippen LogP contribution in [-0.4, -0.2) is 4.98 Å². The fourth-order valence-electron chi connectivity index (χ4n) is 5.97. The zero-order chi connectivity index (χ0) is 23.1. The van der Waals surface area contributed by atoms with Crippen LogP contribution in [0, 0.1) is 6.92 Å². The molecule has 33 heavy (non-hydrogen) atoms. The van der Waals surface area contributed by atoms with Crippen molar-refractivity contribution in [2.24, 2.45) is 7.05 Å². The predicted molar refractivity (Wildman–Crippen MR) is 136 cm³/mol. The van der Waals surface area contributed by atoms with Crippen molar-refractivity contribution in [1.29, 1.82) is 0 Å². The third kappa shape index (κ3) is 2.81. The lowest BCUT2D eigenvalue weighted by Crippen LogP contribution is -2.34. The van der Waals surface area contributed by atoms with E-state index in [1.807, 2.05) is 19.6 Å². The third-order valence-electron chi connectivity index (χ3n) is 7.97. The maximum atomic E-state index is 6.88. The Morgan fingerprint density at radius 1 is 0.848 bits per heavy atom. The van der Waals surface area contributed by atoms with Crippen molar-refractivity contribution in [2.45, 2.75) is 58.3 Å². The van der Waals surface area contributed by atoms with Crippen LogP contribution in [0.15, 0.2) is 59.4 Å². The minimum Gasteiger partial charge on any atom is -0.455 e. The Morgan fingerprint density at radius 2 is 1.55 bits per heavy atom. The van der Waals surface area contributed by atoms with Crippen molar-refractivity contribution in [1.82, 2.24) is 4.98 Å². The Kier molecular flexibility index (Phi) is 4.12. The van der Waals surface area contributed by atoms with E-state index in [1.54, 1.807) is 0 Å². The summed E-state index contributed by atoms with van der Waals surface area (Å²) in [4.78, 5) is 4.27. The summed E-state index contributed by atoms with van der Waals surface area (Å²) in [6, 6.07) is 15.7. The van der Waals surface area contributed by atoms with E-state index in [9.17, 15) is 0 Å². The van der Waals surface area contributed by atoms with Crippen LogP contribution >= 0.6 is 0 Å². The monoisotopic (exact) mass is 435 g/mol. The summed E-state index contributed by atoms with van der Waals surface area (Å²) in [5.74, 6) is 0. The van der Waals surface area contributed by atoms with Gasteiger partial charge in [0.2, 0.25) is 0 Å². The zero-order valence-electron chi connectivity index (χ0n) is 20.4. The molecule has 3 aromatic carbocycles. The van der Waals surface area contributed by atoms with Crippen molar-refractivity contribution >= 4 is 32.7 Å². The molecular weight excluding hydrogens is 404 g/mol. The van der Waals surface area contributed by atoms with Crippen LogP contribution in [0.2, 0.25) is 0 Å². The normalized spacial score (nSPS) is 17.0. The van der Waals surface area contributed by atoms with E-state index in [4.69, 9.17) is 4.42 Å². The molecule has 0 saturated carbocycles. The average molecular weight is 436 g/mol. The highest BCUT2D eigenvalue weighted by molar-refractivity contribution is 6.18. The minimum absolute atomic E-state index is 0.105. The molecule has 0 amide bonds. The molecule has 1 aliphatic rings. The number of benzene rings is 3. The fourth-order valence-corrected chi connectivity index (χ4v) is 5.97. The topological polar surface area (TPSA) is 29.9 Å². The van der Waals surface area contributed by atoms with Crippen LogP contribution in [0.3, 0.4) is 0 Å². The SMILES string of the molecule is Cc1ccc2c(oc3c2ccc2ccc4c(c23)C(C)(C)CCC4(C)C)c1-c1ccnc[n+]1C. The minimum atomic E-state index is 0.105. The first-order valence-electron chi connectivity index (χ1n) is 11.9. The summed E-state index contributed by atoms with van der Waals surface area (Å²) < 4.78 is 8.95. The molecule has 2 heterocycles. The Labute approximate surface area is 195 Å². The lowest BCUT2D eigenvalue weighted by molar-refractivity contribution is -0.663. The summed E-state index contributed by atoms with van der Waals surface area (Å²) in [6.45, 7) is 11.7. The van der Waals surface area contributed by atoms with E-state index < -0.39 is 0 Å². The maximum absolute atomic E-state index is 6.88. The molecule has 0 unspecified atom stereocenters. The third-order valence-corrected chi connectivity index (χ3v) is 7.97. The number of furan rings is 1. The quantitative estimate of drug-likeness (QED) is 0.259. The second kappa shape index (κ2) is 6.66. The number of aromatic nitrogens is 2. The highest BCUT2D eigenvalue weighted by Gasteiger charge is 2.39. The van der Waals surface area contributed by atoms with Crippen molar-refractivity contribution in [3.8, 4) is 11.3 Å². The average Bonchev–Trinajstić information content (AvgIpc) is 3.16. The maximum Gasteiger partial charge on any atom is 0.286 e. The smallest absolute Gasteiger partial charge is 0.286 e. The number of fused-ring (bicyclic) bond motifs is 7. The number of hydrogen-bond donors (Lipinski definition) is 0. The van der Waals surface area contributed by atoms with Gasteiger partial charge in [0.15, 0.2) is 0 Å². The predicted octanol–water partition coefficient (Wildman–Crippen LogP) is 7.28. The van der Waals surface area contributed by atoms with E-state index in [0.717, 1.165) is 22.4 Å². The van der Waals surface area contributed by atoms with E-state index in [1.165, 1.54) is 51.1 Å². The van der Waals surface area contributed by atoms with Gasteiger partial charge >= 0.3 is 0 Å². The zero-order valence-corrected chi connectivity index (χ0v) is 20.4. The molecule has 0 N–H and O–H groups in total. The van der Waals surface area contributed by atoms with Crippen LogP contribution in [0.1, 0.15) is 57.2 Å². The van der Waals surface area contributed by atoms with Crippen molar-refractivity contribution in [2.75, 3.05) is 0 Å². The van der Waals surface area contributed by atoms with Gasteiger partial charge in [-0.3, -0.25) is 0 Å². The first kappa shape index (κ1) is 20.4. The first-order valence-corrected chi connectivity index (χ1v) is 11.9. The van der Waals surface area contributed by atoms with E-state index in [2.05, 4.69) is 86.6 Å². The van der Waals surface area contributed by atoms with Gasteiger partial charge in [0, 0.05) is 22.2 Å². The Balaban J connectivity index is 1.80. The summed E-state index contributed by atoms with van der Waals surface area (Å²) >= 11 is 0. The molecule has 3 nitrogen and oxygen atoms in total. The Morgan fingerprint density at radius 3 is 2.33 bits per heavy atom. The Bertz CT molecular complexity index is 1590. The van der Waals surface area contributed by atoms with Crippen LogP contribution in [0.25, 0.3) is 44.0 Å². The largest absolute Gasteiger partial charge is 0.455 e. The standard InChI is InChI=1S/C30H31N2O/c1-18-7-10-20-21-11-8-19-9-12-22-26(30(4,5)15-14-29(22,2)3)25(19)28(21)33-27(20)24(18)23-13-16-31-17-32(23)6/h7-13,16-17H,14-15H2,1-6H3/q+1. The highest BCUT2D eigenvalue weighted by Crippen LogP contribution is 2.50. The summed E-state index contributed by atoms with van der Waals surface area (Å²) in [7, 11) is 2.04. The summed E-state index contributed by atoms with van der Waals surface area (Å²) in [5, 5.41) is 4.93. The van der Waals surface area contributed by atoms with Crippen LogP contribution in [0.4, 0.5) is 0 Å². The van der Waals surface area contributed by atoms with Crippen LogP contribution in [-0.2, 0) is 17.9 Å². The van der Waals surface area contributed by atoms with Gasteiger partial charge in [-0.05, 0) is 58.7 Å². The second-order valence-corrected chi connectivity index (χ2v) is 11.1. The fraction of sp³-hybridized carbons (Fsp3) is 0.333. The lowest BCUT2D eigenvalue weighted by atomic mass is 9.62.